The molecule has 0 unspecified atom stereocenters. The number of ether oxygens (including phenoxy) is 1. The molecule has 0 aliphatic carbocycles. The van der Waals surface area contributed by atoms with Crippen molar-refractivity contribution in [2.75, 3.05) is 0 Å². The molecule has 0 saturated heterocycles. The van der Waals surface area contributed by atoms with Crippen molar-refractivity contribution < 1.29 is 14.2 Å². The molecular weight excluding hydrogens is 245 g/mol. The Hall–Kier alpha value is -2.38. The van der Waals surface area contributed by atoms with Gasteiger partial charge < -0.3 is 9.84 Å². The summed E-state index contributed by atoms with van der Waals surface area (Å²) < 4.78 is 19.0. The maximum Gasteiger partial charge on any atom is 0.131 e. The lowest BCUT2D eigenvalue weighted by atomic mass is 10.1. The first kappa shape index (κ1) is 13.1. The largest absolute Gasteiger partial charge is 0.489 e. The fourth-order valence-electron chi connectivity index (χ4n) is 1.59. The number of hydrogen-bond acceptors (Lipinski definition) is 3. The number of nitrogens with zero attached hydrogens (tertiary/aromatic N) is 1. The van der Waals surface area contributed by atoms with E-state index in [1.165, 1.54) is 12.1 Å². The van der Waals surface area contributed by atoms with Crippen LogP contribution in [0.1, 0.15) is 16.7 Å². The molecule has 0 radical (unpaired) electrons. The van der Waals surface area contributed by atoms with Crippen molar-refractivity contribution in [1.82, 2.24) is 0 Å². The third-order valence-corrected chi connectivity index (χ3v) is 2.68. The van der Waals surface area contributed by atoms with E-state index < -0.39 is 5.82 Å². The standard InChI is InChI=1S/C15H12FNO2/c16-15-7-12(8-17)1-4-13(15)10-19-14-5-2-11(9-18)3-6-14/h1-7,18H,9-10H2. The van der Waals surface area contributed by atoms with Crippen LogP contribution in [0.3, 0.4) is 0 Å². The van der Waals surface area contributed by atoms with Gasteiger partial charge in [-0.25, -0.2) is 4.39 Å². The lowest BCUT2D eigenvalue weighted by Gasteiger charge is -2.07. The van der Waals surface area contributed by atoms with Crippen LogP contribution in [0.4, 0.5) is 4.39 Å². The van der Waals surface area contributed by atoms with Crippen molar-refractivity contribution in [3.63, 3.8) is 0 Å². The van der Waals surface area contributed by atoms with Crippen LogP contribution < -0.4 is 4.74 Å². The van der Waals surface area contributed by atoms with Crippen molar-refractivity contribution in [3.8, 4) is 11.8 Å². The smallest absolute Gasteiger partial charge is 0.131 e. The van der Waals surface area contributed by atoms with E-state index in [0.717, 1.165) is 5.56 Å². The molecule has 3 nitrogen and oxygen atoms in total. The molecule has 0 fully saturated rings. The lowest BCUT2D eigenvalue weighted by Crippen LogP contribution is -1.99. The summed E-state index contributed by atoms with van der Waals surface area (Å²) in [5.74, 6) is 0.145. The van der Waals surface area contributed by atoms with Gasteiger partial charge in [-0.3, -0.25) is 0 Å². The molecule has 0 atom stereocenters. The van der Waals surface area contributed by atoms with Gasteiger partial charge in [0.15, 0.2) is 0 Å². The Bertz CT molecular complexity index is 603. The third-order valence-electron chi connectivity index (χ3n) is 2.68. The Morgan fingerprint density at radius 2 is 1.89 bits per heavy atom. The number of hydrogen-bond donors (Lipinski definition) is 1. The van der Waals surface area contributed by atoms with Gasteiger partial charge in [-0.05, 0) is 29.8 Å². The highest BCUT2D eigenvalue weighted by molar-refractivity contribution is 5.33. The van der Waals surface area contributed by atoms with Gasteiger partial charge in [-0.15, -0.1) is 0 Å². The Morgan fingerprint density at radius 3 is 2.47 bits per heavy atom. The molecule has 1 N–H and O–H groups in total. The Kier molecular flexibility index (Phi) is 4.11. The summed E-state index contributed by atoms with van der Waals surface area (Å²) >= 11 is 0. The summed E-state index contributed by atoms with van der Waals surface area (Å²) in [6, 6.07) is 13.1. The molecule has 96 valence electrons. The van der Waals surface area contributed by atoms with E-state index in [0.29, 0.717) is 11.3 Å². The fourth-order valence-corrected chi connectivity index (χ4v) is 1.59. The van der Waals surface area contributed by atoms with E-state index in [4.69, 9.17) is 15.1 Å². The fraction of sp³-hybridized carbons (Fsp3) is 0.133. The first-order valence-corrected chi connectivity index (χ1v) is 5.74. The number of benzene rings is 2. The van der Waals surface area contributed by atoms with Gasteiger partial charge in [0.1, 0.15) is 18.2 Å². The van der Waals surface area contributed by atoms with Crippen LogP contribution in [0.15, 0.2) is 42.5 Å². The molecule has 2 aromatic carbocycles. The maximum atomic E-state index is 13.6. The molecule has 0 saturated carbocycles. The minimum Gasteiger partial charge on any atom is -0.489 e. The molecule has 0 aromatic heterocycles. The minimum atomic E-state index is -0.453. The number of halogens is 1. The van der Waals surface area contributed by atoms with Crippen LogP contribution in [-0.2, 0) is 13.2 Å². The van der Waals surface area contributed by atoms with E-state index in [1.54, 1.807) is 30.3 Å². The highest BCUT2D eigenvalue weighted by atomic mass is 19.1. The first-order chi connectivity index (χ1) is 9.22. The summed E-state index contributed by atoms with van der Waals surface area (Å²) in [6.07, 6.45) is 0. The van der Waals surface area contributed by atoms with Crippen LogP contribution in [0.2, 0.25) is 0 Å². The van der Waals surface area contributed by atoms with E-state index in [-0.39, 0.29) is 18.8 Å². The predicted molar refractivity (Wildman–Crippen MR) is 67.8 cm³/mol. The van der Waals surface area contributed by atoms with Gasteiger partial charge in [0.05, 0.1) is 18.2 Å². The highest BCUT2D eigenvalue weighted by Crippen LogP contribution is 2.16. The average molecular weight is 257 g/mol. The molecule has 0 spiro atoms. The highest BCUT2D eigenvalue weighted by Gasteiger charge is 2.04. The quantitative estimate of drug-likeness (QED) is 0.916. The lowest BCUT2D eigenvalue weighted by molar-refractivity contribution is 0.280. The molecule has 19 heavy (non-hydrogen) atoms. The predicted octanol–water partition coefficient (Wildman–Crippen LogP) is 2.77. The Morgan fingerprint density at radius 1 is 1.16 bits per heavy atom. The summed E-state index contributed by atoms with van der Waals surface area (Å²) in [6.45, 7) is 0.0700. The summed E-state index contributed by atoms with van der Waals surface area (Å²) in [5, 5.41) is 17.5. The molecule has 0 aliphatic heterocycles. The van der Waals surface area contributed by atoms with Gasteiger partial charge >= 0.3 is 0 Å². The molecule has 0 heterocycles. The van der Waals surface area contributed by atoms with E-state index in [2.05, 4.69) is 0 Å². The first-order valence-electron chi connectivity index (χ1n) is 5.74. The molecule has 0 amide bonds. The van der Waals surface area contributed by atoms with Gasteiger partial charge in [0.25, 0.3) is 0 Å². The average Bonchev–Trinajstić information content (AvgIpc) is 2.46. The van der Waals surface area contributed by atoms with Crippen LogP contribution >= 0.6 is 0 Å². The zero-order valence-corrected chi connectivity index (χ0v) is 10.1. The second-order valence-corrected chi connectivity index (χ2v) is 4.01. The summed E-state index contributed by atoms with van der Waals surface area (Å²) in [5.41, 5.74) is 1.47. The van der Waals surface area contributed by atoms with Crippen LogP contribution in [0, 0.1) is 17.1 Å². The van der Waals surface area contributed by atoms with Crippen LogP contribution in [0.25, 0.3) is 0 Å². The minimum absolute atomic E-state index is 0.0233. The number of rotatable bonds is 4. The van der Waals surface area contributed by atoms with Crippen LogP contribution in [-0.4, -0.2) is 5.11 Å². The molecular formula is C15H12FNO2. The number of aliphatic hydroxyl groups is 1. The van der Waals surface area contributed by atoms with E-state index in [9.17, 15) is 4.39 Å². The number of nitriles is 1. The molecule has 0 aliphatic rings. The Labute approximate surface area is 110 Å². The van der Waals surface area contributed by atoms with Gasteiger partial charge in [-0.1, -0.05) is 18.2 Å². The normalized spacial score (nSPS) is 9.95. The SMILES string of the molecule is N#Cc1ccc(COc2ccc(CO)cc2)c(F)c1. The van der Waals surface area contributed by atoms with Crippen LogP contribution in [0.5, 0.6) is 5.75 Å². The van der Waals surface area contributed by atoms with Crippen molar-refractivity contribution in [2.45, 2.75) is 13.2 Å². The summed E-state index contributed by atoms with van der Waals surface area (Å²) in [4.78, 5) is 0. The van der Waals surface area contributed by atoms with E-state index in [1.807, 2.05) is 6.07 Å². The third kappa shape index (κ3) is 3.30. The zero-order chi connectivity index (χ0) is 13.7. The van der Waals surface area contributed by atoms with Crippen molar-refractivity contribution >= 4 is 0 Å². The molecule has 0 bridgehead atoms. The molecule has 4 heteroatoms. The van der Waals surface area contributed by atoms with Crippen molar-refractivity contribution in [1.29, 1.82) is 5.26 Å². The topological polar surface area (TPSA) is 53.2 Å². The van der Waals surface area contributed by atoms with E-state index >= 15 is 0 Å². The second-order valence-electron chi connectivity index (χ2n) is 4.01. The molecule has 2 rings (SSSR count). The van der Waals surface area contributed by atoms with Crippen molar-refractivity contribution in [3.05, 3.63) is 65.0 Å². The number of aliphatic hydroxyl groups excluding tert-OH is 1. The monoisotopic (exact) mass is 257 g/mol. The second kappa shape index (κ2) is 5.98. The zero-order valence-electron chi connectivity index (χ0n) is 10.1. The maximum absolute atomic E-state index is 13.6. The summed E-state index contributed by atoms with van der Waals surface area (Å²) in [7, 11) is 0. The van der Waals surface area contributed by atoms with Gasteiger partial charge in [0, 0.05) is 5.56 Å². The van der Waals surface area contributed by atoms with Crippen molar-refractivity contribution in [2.24, 2.45) is 0 Å². The van der Waals surface area contributed by atoms with Gasteiger partial charge in [0.2, 0.25) is 0 Å². The van der Waals surface area contributed by atoms with Gasteiger partial charge in [-0.2, -0.15) is 5.26 Å². The molecule has 2 aromatic rings. The Balaban J connectivity index is 2.04.